The van der Waals surface area contributed by atoms with Gasteiger partial charge in [-0.25, -0.2) is 0 Å². The van der Waals surface area contributed by atoms with Gasteiger partial charge in [0.2, 0.25) is 5.91 Å². The number of halogens is 1. The first-order chi connectivity index (χ1) is 6.56. The van der Waals surface area contributed by atoms with Crippen LogP contribution in [-0.4, -0.2) is 41.2 Å². The SMILES string of the molecule is C=CC(=O)NCC1=CN(C)N(Cl)N1C. The average Bonchev–Trinajstić information content (AvgIpc) is 2.42. The van der Waals surface area contributed by atoms with E-state index in [9.17, 15) is 4.79 Å². The average molecular weight is 217 g/mol. The van der Waals surface area contributed by atoms with Crippen LogP contribution in [0.25, 0.3) is 0 Å². The number of hydrazine groups is 2. The Morgan fingerprint density at radius 1 is 1.71 bits per heavy atom. The molecule has 1 amide bonds. The number of likely N-dealkylation sites (N-methyl/N-ethyl adjacent to an activating group) is 1. The van der Waals surface area contributed by atoms with Crippen LogP contribution in [0.3, 0.4) is 0 Å². The summed E-state index contributed by atoms with van der Waals surface area (Å²) in [6.07, 6.45) is 3.06. The minimum Gasteiger partial charge on any atom is -0.347 e. The van der Waals surface area contributed by atoms with Crippen molar-refractivity contribution in [2.45, 2.75) is 0 Å². The van der Waals surface area contributed by atoms with Crippen molar-refractivity contribution in [1.82, 2.24) is 20.0 Å². The molecule has 1 rings (SSSR count). The molecule has 0 aliphatic carbocycles. The van der Waals surface area contributed by atoms with Gasteiger partial charge in [0, 0.05) is 32.1 Å². The van der Waals surface area contributed by atoms with Gasteiger partial charge in [-0.15, -0.1) is 0 Å². The molecule has 0 atom stereocenters. The van der Waals surface area contributed by atoms with E-state index in [1.807, 2.05) is 20.3 Å². The summed E-state index contributed by atoms with van der Waals surface area (Å²) in [5.41, 5.74) is 0.901. The summed E-state index contributed by atoms with van der Waals surface area (Å²) < 4.78 is 1.41. The lowest BCUT2D eigenvalue weighted by molar-refractivity contribution is -0.116. The first-order valence-electron chi connectivity index (χ1n) is 4.09. The minimum atomic E-state index is -0.199. The third kappa shape index (κ3) is 2.18. The molecule has 1 heterocycles. The van der Waals surface area contributed by atoms with Crippen LogP contribution < -0.4 is 5.32 Å². The van der Waals surface area contributed by atoms with E-state index in [1.54, 1.807) is 10.0 Å². The van der Waals surface area contributed by atoms with Crippen LogP contribution in [0.4, 0.5) is 0 Å². The molecule has 0 unspecified atom stereocenters. The van der Waals surface area contributed by atoms with Crippen molar-refractivity contribution in [3.05, 3.63) is 24.6 Å². The monoisotopic (exact) mass is 216 g/mol. The molecule has 6 heteroatoms. The highest BCUT2D eigenvalue weighted by atomic mass is 35.5. The van der Waals surface area contributed by atoms with Crippen LogP contribution >= 0.6 is 11.8 Å². The molecule has 0 saturated carbocycles. The van der Waals surface area contributed by atoms with E-state index in [0.29, 0.717) is 6.54 Å². The summed E-state index contributed by atoms with van der Waals surface area (Å²) in [5.74, 6) is -0.199. The van der Waals surface area contributed by atoms with Crippen molar-refractivity contribution in [1.29, 1.82) is 0 Å². The van der Waals surface area contributed by atoms with Gasteiger partial charge >= 0.3 is 0 Å². The number of amides is 1. The van der Waals surface area contributed by atoms with Crippen molar-refractivity contribution < 1.29 is 4.79 Å². The number of rotatable bonds is 3. The Hall–Kier alpha value is -1.20. The number of carbonyl (C=O) groups is 1. The quantitative estimate of drug-likeness (QED) is 0.544. The maximum atomic E-state index is 10.9. The molecule has 0 saturated heterocycles. The van der Waals surface area contributed by atoms with Crippen molar-refractivity contribution in [2.75, 3.05) is 20.6 Å². The maximum Gasteiger partial charge on any atom is 0.243 e. The maximum absolute atomic E-state index is 10.9. The number of nitrogens with zero attached hydrogens (tertiary/aromatic N) is 3. The van der Waals surface area contributed by atoms with Crippen LogP contribution in [0, 0.1) is 0 Å². The molecule has 0 bridgehead atoms. The molecule has 1 N–H and O–H groups in total. The standard InChI is InChI=1S/C8H13ClN4O/c1-4-8(14)10-5-7-6-11(2)13(9)12(7)3/h4,6H,1,5H2,2-3H3,(H,10,14). The van der Waals surface area contributed by atoms with Gasteiger partial charge in [0.25, 0.3) is 0 Å². The van der Waals surface area contributed by atoms with E-state index < -0.39 is 0 Å². The van der Waals surface area contributed by atoms with Gasteiger partial charge in [0.1, 0.15) is 0 Å². The lowest BCUT2D eigenvalue weighted by atomic mass is 10.4. The molecular weight excluding hydrogens is 204 g/mol. The van der Waals surface area contributed by atoms with Crippen molar-refractivity contribution >= 4 is 17.7 Å². The third-order valence-corrected chi connectivity index (χ3v) is 2.35. The van der Waals surface area contributed by atoms with Crippen LogP contribution in [0.15, 0.2) is 24.6 Å². The second-order valence-corrected chi connectivity index (χ2v) is 3.18. The molecule has 0 fully saturated rings. The number of hydrogen-bond donors (Lipinski definition) is 1. The molecule has 78 valence electrons. The fraction of sp³-hybridized carbons (Fsp3) is 0.375. The molecule has 1 aliphatic rings. The van der Waals surface area contributed by atoms with Gasteiger partial charge in [-0.1, -0.05) is 6.58 Å². The smallest absolute Gasteiger partial charge is 0.243 e. The molecule has 5 nitrogen and oxygen atoms in total. The van der Waals surface area contributed by atoms with Crippen molar-refractivity contribution in [3.63, 3.8) is 0 Å². The van der Waals surface area contributed by atoms with E-state index in [-0.39, 0.29) is 5.91 Å². The van der Waals surface area contributed by atoms with Crippen LogP contribution in [0.1, 0.15) is 0 Å². The summed E-state index contributed by atoms with van der Waals surface area (Å²) in [6.45, 7) is 3.79. The first-order valence-corrected chi connectivity index (χ1v) is 4.43. The Morgan fingerprint density at radius 2 is 2.36 bits per heavy atom. The van der Waals surface area contributed by atoms with Crippen LogP contribution in [0.5, 0.6) is 0 Å². The second-order valence-electron chi connectivity index (χ2n) is 2.88. The normalized spacial score (nSPS) is 16.9. The Labute approximate surface area is 88.3 Å². The number of carbonyl (C=O) groups excluding carboxylic acids is 1. The van der Waals surface area contributed by atoms with Gasteiger partial charge in [0.05, 0.1) is 12.2 Å². The highest BCUT2D eigenvalue weighted by Gasteiger charge is 2.22. The summed E-state index contributed by atoms with van der Waals surface area (Å²) in [4.78, 5) is 10.9. The molecule has 0 aromatic rings. The predicted molar refractivity (Wildman–Crippen MR) is 54.5 cm³/mol. The van der Waals surface area contributed by atoms with Gasteiger partial charge in [-0.2, -0.15) is 0 Å². The fourth-order valence-electron chi connectivity index (χ4n) is 1.07. The van der Waals surface area contributed by atoms with Gasteiger partial charge < -0.3 is 5.32 Å². The second kappa shape index (κ2) is 4.34. The summed E-state index contributed by atoms with van der Waals surface area (Å²) >= 11 is 5.86. The largest absolute Gasteiger partial charge is 0.347 e. The summed E-state index contributed by atoms with van der Waals surface area (Å²) in [7, 11) is 3.62. The molecule has 14 heavy (non-hydrogen) atoms. The van der Waals surface area contributed by atoms with E-state index in [1.165, 1.54) is 10.7 Å². The van der Waals surface area contributed by atoms with E-state index in [4.69, 9.17) is 11.8 Å². The summed E-state index contributed by atoms with van der Waals surface area (Å²) in [5, 5.41) is 6.10. The summed E-state index contributed by atoms with van der Waals surface area (Å²) in [6, 6.07) is 0. The van der Waals surface area contributed by atoms with Crippen LogP contribution in [0.2, 0.25) is 0 Å². The molecule has 0 radical (unpaired) electrons. The Balaban J connectivity index is 2.50. The topological polar surface area (TPSA) is 38.8 Å². The zero-order chi connectivity index (χ0) is 10.7. The molecule has 0 aromatic carbocycles. The molecular formula is C8H13ClN4O. The highest BCUT2D eigenvalue weighted by molar-refractivity contribution is 6.12. The highest BCUT2D eigenvalue weighted by Crippen LogP contribution is 2.18. The fourth-order valence-corrected chi connectivity index (χ4v) is 1.22. The Bertz CT molecular complexity index is 279. The van der Waals surface area contributed by atoms with Crippen molar-refractivity contribution in [2.24, 2.45) is 0 Å². The van der Waals surface area contributed by atoms with Crippen molar-refractivity contribution in [3.8, 4) is 0 Å². The Morgan fingerprint density at radius 3 is 2.79 bits per heavy atom. The van der Waals surface area contributed by atoms with E-state index in [2.05, 4.69) is 11.9 Å². The van der Waals surface area contributed by atoms with Gasteiger partial charge in [0.15, 0.2) is 0 Å². The molecule has 0 aromatic heterocycles. The lowest BCUT2D eigenvalue weighted by Crippen LogP contribution is -2.36. The minimum absolute atomic E-state index is 0.199. The third-order valence-electron chi connectivity index (χ3n) is 1.89. The first kappa shape index (κ1) is 10.9. The van der Waals surface area contributed by atoms with Gasteiger partial charge in [-0.05, 0) is 10.7 Å². The van der Waals surface area contributed by atoms with E-state index in [0.717, 1.165) is 5.70 Å². The zero-order valence-electron chi connectivity index (χ0n) is 8.20. The predicted octanol–water partition coefficient (Wildman–Crippen LogP) is 0.293. The number of nitrogens with one attached hydrogen (secondary N) is 1. The Kier molecular flexibility index (Phi) is 3.38. The number of hydrogen-bond acceptors (Lipinski definition) is 4. The van der Waals surface area contributed by atoms with Crippen LogP contribution in [-0.2, 0) is 4.79 Å². The van der Waals surface area contributed by atoms with E-state index >= 15 is 0 Å². The molecule has 1 aliphatic heterocycles. The van der Waals surface area contributed by atoms with Gasteiger partial charge in [-0.3, -0.25) is 14.8 Å². The molecule has 0 spiro atoms. The lowest BCUT2D eigenvalue weighted by Gasteiger charge is -2.24. The zero-order valence-corrected chi connectivity index (χ0v) is 8.95.